The van der Waals surface area contributed by atoms with Crippen LogP contribution in [0.1, 0.15) is 37.4 Å². The van der Waals surface area contributed by atoms with Gasteiger partial charge in [-0.1, -0.05) is 18.0 Å². The lowest BCUT2D eigenvalue weighted by atomic mass is 9.82. The van der Waals surface area contributed by atoms with Gasteiger partial charge in [0.25, 0.3) is 0 Å². The minimum Gasteiger partial charge on any atom is -0.388 e. The van der Waals surface area contributed by atoms with E-state index < -0.39 is 38.7 Å². The zero-order valence-electron chi connectivity index (χ0n) is 11.5. The molecule has 3 nitrogen and oxygen atoms in total. The van der Waals surface area contributed by atoms with Gasteiger partial charge in [0.2, 0.25) is 0 Å². The van der Waals surface area contributed by atoms with E-state index in [9.17, 15) is 22.3 Å². The average Bonchev–Trinajstić information content (AvgIpc) is 2.41. The number of aliphatic hydroxyl groups is 1. The first-order valence-electron chi connectivity index (χ1n) is 6.71. The van der Waals surface area contributed by atoms with Gasteiger partial charge in [-0.25, -0.2) is 17.2 Å². The van der Waals surface area contributed by atoms with Gasteiger partial charge in [0.15, 0.2) is 0 Å². The minimum absolute atomic E-state index is 0.170. The van der Waals surface area contributed by atoms with E-state index in [-0.39, 0.29) is 17.0 Å². The highest BCUT2D eigenvalue weighted by Gasteiger charge is 2.34. The Hall–Kier alpha value is -0.720. The molecule has 0 radical (unpaired) electrons. The second kappa shape index (κ2) is 6.18. The molecule has 118 valence electrons. The van der Waals surface area contributed by atoms with Crippen molar-refractivity contribution in [2.45, 2.75) is 37.0 Å². The zero-order chi connectivity index (χ0) is 15.8. The normalized spacial score (nSPS) is 24.8. The highest BCUT2D eigenvalue weighted by molar-refractivity contribution is 7.91. The van der Waals surface area contributed by atoms with Crippen molar-refractivity contribution < 1.29 is 22.3 Å². The summed E-state index contributed by atoms with van der Waals surface area (Å²) in [6, 6.07) is 1.71. The van der Waals surface area contributed by atoms with Gasteiger partial charge in [0.1, 0.15) is 21.5 Å². The molecule has 21 heavy (non-hydrogen) atoms. The minimum atomic E-state index is -3.20. The molecule has 1 aromatic rings. The molecule has 0 saturated heterocycles. The Morgan fingerprint density at radius 2 is 1.95 bits per heavy atom. The van der Waals surface area contributed by atoms with E-state index in [4.69, 9.17) is 11.6 Å². The van der Waals surface area contributed by atoms with E-state index in [1.54, 1.807) is 0 Å². The Bertz CT molecular complexity index is 633. The number of rotatable bonds is 3. The summed E-state index contributed by atoms with van der Waals surface area (Å²) >= 11 is 5.48. The van der Waals surface area contributed by atoms with E-state index >= 15 is 0 Å². The van der Waals surface area contributed by atoms with Gasteiger partial charge >= 0.3 is 0 Å². The van der Waals surface area contributed by atoms with Gasteiger partial charge in [-0.05, 0) is 37.3 Å². The molecular weight excluding hydrogens is 322 g/mol. The van der Waals surface area contributed by atoms with Crippen molar-refractivity contribution in [2.75, 3.05) is 6.26 Å². The Morgan fingerprint density at radius 3 is 2.57 bits per heavy atom. The van der Waals surface area contributed by atoms with Crippen LogP contribution in [0.5, 0.6) is 0 Å². The predicted molar refractivity (Wildman–Crippen MR) is 76.9 cm³/mol. The molecule has 2 rings (SSSR count). The number of benzene rings is 1. The second-order valence-corrected chi connectivity index (χ2v) is 8.34. The van der Waals surface area contributed by atoms with E-state index in [0.717, 1.165) is 18.4 Å². The van der Waals surface area contributed by atoms with Crippen LogP contribution >= 0.6 is 11.6 Å². The molecule has 1 saturated carbocycles. The van der Waals surface area contributed by atoms with Crippen LogP contribution in [0.3, 0.4) is 0 Å². The van der Waals surface area contributed by atoms with Crippen molar-refractivity contribution in [2.24, 2.45) is 5.92 Å². The van der Waals surface area contributed by atoms with Gasteiger partial charge < -0.3 is 5.11 Å². The first-order valence-corrected chi connectivity index (χ1v) is 9.04. The molecule has 1 fully saturated rings. The first-order chi connectivity index (χ1) is 9.70. The highest BCUT2D eigenvalue weighted by atomic mass is 35.5. The molecule has 1 aromatic carbocycles. The smallest absolute Gasteiger partial charge is 0.150 e. The average molecular weight is 339 g/mol. The Morgan fingerprint density at radius 1 is 1.29 bits per heavy atom. The maximum absolute atomic E-state index is 13.8. The summed E-state index contributed by atoms with van der Waals surface area (Å²) in [5.41, 5.74) is -0.170. The first kappa shape index (κ1) is 16.6. The number of sulfone groups is 1. The third-order valence-corrected chi connectivity index (χ3v) is 6.01. The van der Waals surface area contributed by atoms with Gasteiger partial charge in [0, 0.05) is 11.8 Å². The quantitative estimate of drug-likeness (QED) is 0.861. The fraction of sp³-hybridized carbons (Fsp3) is 0.571. The van der Waals surface area contributed by atoms with Crippen LogP contribution in [0.15, 0.2) is 12.1 Å². The van der Waals surface area contributed by atoms with Crippen molar-refractivity contribution >= 4 is 21.4 Å². The summed E-state index contributed by atoms with van der Waals surface area (Å²) in [5.74, 6) is -1.99. The molecule has 1 N–H and O–H groups in total. The van der Waals surface area contributed by atoms with E-state index in [1.165, 1.54) is 0 Å². The number of hydrogen-bond acceptors (Lipinski definition) is 3. The molecule has 7 heteroatoms. The highest BCUT2D eigenvalue weighted by Crippen LogP contribution is 2.38. The van der Waals surface area contributed by atoms with Crippen molar-refractivity contribution in [3.63, 3.8) is 0 Å². The standard InChI is InChI=1S/C14H17ClF2O3S/c1-21(19,20)9-4-2-3-8(5-9)14(18)10-6-13(17)11(15)7-12(10)16/h6-9,14,18H,2-5H2,1H3. The van der Waals surface area contributed by atoms with Gasteiger partial charge in [0.05, 0.1) is 16.4 Å². The third kappa shape index (κ3) is 3.73. The van der Waals surface area contributed by atoms with Crippen LogP contribution in [0.2, 0.25) is 5.02 Å². The van der Waals surface area contributed by atoms with Crippen LogP contribution in [0.25, 0.3) is 0 Å². The van der Waals surface area contributed by atoms with Crippen molar-refractivity contribution in [3.05, 3.63) is 34.4 Å². The molecular formula is C14H17ClF2O3S. The molecule has 3 atom stereocenters. The molecule has 0 aromatic heterocycles. The van der Waals surface area contributed by atoms with Crippen molar-refractivity contribution in [1.82, 2.24) is 0 Å². The summed E-state index contributed by atoms with van der Waals surface area (Å²) < 4.78 is 50.5. The second-order valence-electron chi connectivity index (χ2n) is 5.61. The molecule has 0 aliphatic heterocycles. The predicted octanol–water partition coefficient (Wildman–Crippen LogP) is 3.26. The third-order valence-electron chi connectivity index (χ3n) is 4.08. The fourth-order valence-electron chi connectivity index (χ4n) is 2.88. The van der Waals surface area contributed by atoms with Crippen LogP contribution in [-0.2, 0) is 9.84 Å². The number of halogens is 3. The van der Waals surface area contributed by atoms with Crippen LogP contribution < -0.4 is 0 Å². The molecule has 1 aliphatic carbocycles. The van der Waals surface area contributed by atoms with Gasteiger partial charge in [-0.3, -0.25) is 0 Å². The largest absolute Gasteiger partial charge is 0.388 e. The van der Waals surface area contributed by atoms with E-state index in [0.29, 0.717) is 19.3 Å². The molecule has 0 amide bonds. The molecule has 1 aliphatic rings. The summed E-state index contributed by atoms with van der Waals surface area (Å²) in [6.07, 6.45) is 1.94. The van der Waals surface area contributed by atoms with Crippen molar-refractivity contribution in [3.8, 4) is 0 Å². The Kier molecular flexibility index (Phi) is 4.90. The van der Waals surface area contributed by atoms with Crippen molar-refractivity contribution in [1.29, 1.82) is 0 Å². The van der Waals surface area contributed by atoms with Gasteiger partial charge in [-0.15, -0.1) is 0 Å². The number of hydrogen-bond donors (Lipinski definition) is 1. The lowest BCUT2D eigenvalue weighted by Crippen LogP contribution is -2.30. The zero-order valence-corrected chi connectivity index (χ0v) is 13.1. The SMILES string of the molecule is CS(=O)(=O)C1CCCC(C(O)c2cc(F)c(Cl)cc2F)C1. The van der Waals surface area contributed by atoms with Crippen LogP contribution in [-0.4, -0.2) is 25.0 Å². The fourth-order valence-corrected chi connectivity index (χ4v) is 4.22. The molecule has 0 bridgehead atoms. The van der Waals surface area contributed by atoms with E-state index in [2.05, 4.69) is 0 Å². The molecule has 0 heterocycles. The number of aliphatic hydroxyl groups excluding tert-OH is 1. The summed E-state index contributed by atoms with van der Waals surface area (Å²) in [6.45, 7) is 0. The van der Waals surface area contributed by atoms with Crippen LogP contribution in [0.4, 0.5) is 8.78 Å². The Labute approximate surface area is 127 Å². The maximum Gasteiger partial charge on any atom is 0.150 e. The van der Waals surface area contributed by atoms with E-state index in [1.807, 2.05) is 0 Å². The summed E-state index contributed by atoms with van der Waals surface area (Å²) in [4.78, 5) is 0. The van der Waals surface area contributed by atoms with Gasteiger partial charge in [-0.2, -0.15) is 0 Å². The molecule has 3 unspecified atom stereocenters. The monoisotopic (exact) mass is 338 g/mol. The Balaban J connectivity index is 2.24. The maximum atomic E-state index is 13.8. The molecule has 0 spiro atoms. The topological polar surface area (TPSA) is 54.4 Å². The summed E-state index contributed by atoms with van der Waals surface area (Å²) in [7, 11) is -3.20. The summed E-state index contributed by atoms with van der Waals surface area (Å²) in [5, 5.41) is 9.40. The van der Waals surface area contributed by atoms with Crippen LogP contribution in [0, 0.1) is 17.6 Å². The lowest BCUT2D eigenvalue weighted by Gasteiger charge is -2.31. The lowest BCUT2D eigenvalue weighted by molar-refractivity contribution is 0.0822.